The zero-order valence-corrected chi connectivity index (χ0v) is 14.4. The van der Waals surface area contributed by atoms with Gasteiger partial charge in [0, 0.05) is 6.92 Å². The summed E-state index contributed by atoms with van der Waals surface area (Å²) in [6, 6.07) is 8.42. The fourth-order valence-corrected chi connectivity index (χ4v) is 3.03. The Bertz CT molecular complexity index is 545. The molecule has 1 rings (SSSR count). The highest BCUT2D eigenvalue weighted by molar-refractivity contribution is 8.14. The molecule has 0 bridgehead atoms. The van der Waals surface area contributed by atoms with Crippen molar-refractivity contribution < 1.29 is 19.5 Å². The van der Waals surface area contributed by atoms with Gasteiger partial charge < -0.3 is 10.4 Å². The van der Waals surface area contributed by atoms with Crippen molar-refractivity contribution in [2.45, 2.75) is 44.9 Å². The summed E-state index contributed by atoms with van der Waals surface area (Å²) in [7, 11) is 0. The molecular weight excluding hydrogens is 314 g/mol. The Morgan fingerprint density at radius 1 is 1.17 bits per heavy atom. The summed E-state index contributed by atoms with van der Waals surface area (Å²) >= 11 is 0.931. The molecular formula is C17H23NO4S. The summed E-state index contributed by atoms with van der Waals surface area (Å²) < 4.78 is 0. The van der Waals surface area contributed by atoms with Crippen molar-refractivity contribution in [1.29, 1.82) is 0 Å². The third-order valence-electron chi connectivity index (χ3n) is 3.19. The molecule has 0 spiro atoms. The molecule has 6 heteroatoms. The van der Waals surface area contributed by atoms with Gasteiger partial charge in [-0.05, 0) is 24.3 Å². The number of amides is 1. The number of carbonyl (C=O) groups excluding carboxylic acids is 2. The maximum absolute atomic E-state index is 12.4. The van der Waals surface area contributed by atoms with Crippen molar-refractivity contribution in [2.24, 2.45) is 5.92 Å². The molecule has 0 aliphatic carbocycles. The van der Waals surface area contributed by atoms with E-state index in [2.05, 4.69) is 5.32 Å². The number of carboxylic acids is 1. The average Bonchev–Trinajstić information content (AvgIpc) is 2.45. The third kappa shape index (κ3) is 7.32. The van der Waals surface area contributed by atoms with E-state index < -0.39 is 23.2 Å². The van der Waals surface area contributed by atoms with Crippen LogP contribution in [0.25, 0.3) is 0 Å². The highest BCUT2D eigenvalue weighted by Crippen LogP contribution is 2.18. The topological polar surface area (TPSA) is 83.5 Å². The van der Waals surface area contributed by atoms with E-state index in [1.165, 1.54) is 6.92 Å². The van der Waals surface area contributed by atoms with Gasteiger partial charge in [-0.25, -0.2) is 4.79 Å². The maximum Gasteiger partial charge on any atom is 0.326 e. The van der Waals surface area contributed by atoms with E-state index in [1.54, 1.807) is 0 Å². The Kier molecular flexibility index (Phi) is 7.81. The fraction of sp³-hybridized carbons (Fsp3) is 0.471. The van der Waals surface area contributed by atoms with Crippen LogP contribution in [0.15, 0.2) is 30.3 Å². The number of nitrogens with one attached hydrogen (secondary N) is 1. The van der Waals surface area contributed by atoms with Crippen LogP contribution in [0, 0.1) is 5.92 Å². The first-order valence-corrected chi connectivity index (χ1v) is 8.42. The van der Waals surface area contributed by atoms with E-state index in [-0.39, 0.29) is 11.0 Å². The molecule has 126 valence electrons. The Balaban J connectivity index is 2.82. The van der Waals surface area contributed by atoms with Crippen LogP contribution in [0.3, 0.4) is 0 Å². The molecule has 1 amide bonds. The molecule has 0 fully saturated rings. The third-order valence-corrected chi connectivity index (χ3v) is 4.18. The minimum atomic E-state index is -1.06. The lowest BCUT2D eigenvalue weighted by Crippen LogP contribution is -2.46. The molecule has 0 aromatic heterocycles. The minimum Gasteiger partial charge on any atom is -0.480 e. The van der Waals surface area contributed by atoms with E-state index in [1.807, 2.05) is 44.2 Å². The summed E-state index contributed by atoms with van der Waals surface area (Å²) in [5.74, 6) is -1.33. The molecule has 0 saturated heterocycles. The van der Waals surface area contributed by atoms with Gasteiger partial charge >= 0.3 is 5.97 Å². The van der Waals surface area contributed by atoms with Gasteiger partial charge in [-0.1, -0.05) is 55.9 Å². The molecule has 0 heterocycles. The lowest BCUT2D eigenvalue weighted by molar-refractivity contribution is -0.142. The van der Waals surface area contributed by atoms with Crippen molar-refractivity contribution in [2.75, 3.05) is 0 Å². The minimum absolute atomic E-state index is 0.143. The van der Waals surface area contributed by atoms with Gasteiger partial charge in [0.05, 0.1) is 5.25 Å². The second-order valence-corrected chi connectivity index (χ2v) is 7.20. The van der Waals surface area contributed by atoms with Crippen LogP contribution < -0.4 is 5.32 Å². The lowest BCUT2D eigenvalue weighted by Gasteiger charge is -2.20. The highest BCUT2D eigenvalue weighted by atomic mass is 32.2. The normalized spacial score (nSPS) is 13.4. The van der Waals surface area contributed by atoms with E-state index in [0.717, 1.165) is 17.3 Å². The number of carboxylic acid groups (broad SMARTS) is 1. The molecule has 5 nitrogen and oxygen atoms in total. The molecule has 1 aromatic carbocycles. The number of hydrogen-bond donors (Lipinski definition) is 2. The Hall–Kier alpha value is -1.82. The predicted octanol–water partition coefficient (Wildman–Crippen LogP) is 2.49. The zero-order valence-electron chi connectivity index (χ0n) is 13.6. The first-order valence-electron chi connectivity index (χ1n) is 7.54. The smallest absolute Gasteiger partial charge is 0.326 e. The molecule has 23 heavy (non-hydrogen) atoms. The first kappa shape index (κ1) is 19.2. The maximum atomic E-state index is 12.4. The Morgan fingerprint density at radius 3 is 2.26 bits per heavy atom. The van der Waals surface area contributed by atoms with Crippen LogP contribution in [-0.4, -0.2) is 33.4 Å². The molecule has 1 unspecified atom stereocenters. The summed E-state index contributed by atoms with van der Waals surface area (Å²) in [6.45, 7) is 5.19. The van der Waals surface area contributed by atoms with Crippen LogP contribution >= 0.6 is 11.8 Å². The number of thioether (sulfide) groups is 1. The van der Waals surface area contributed by atoms with E-state index in [0.29, 0.717) is 12.8 Å². The average molecular weight is 337 g/mol. The van der Waals surface area contributed by atoms with Crippen LogP contribution in [0.5, 0.6) is 0 Å². The van der Waals surface area contributed by atoms with Gasteiger partial charge in [0.1, 0.15) is 6.04 Å². The number of aliphatic carboxylic acids is 1. The Labute approximate surface area is 140 Å². The van der Waals surface area contributed by atoms with E-state index >= 15 is 0 Å². The number of rotatable bonds is 8. The summed E-state index contributed by atoms with van der Waals surface area (Å²) in [5, 5.41) is 11.0. The van der Waals surface area contributed by atoms with Gasteiger partial charge in [0.15, 0.2) is 5.12 Å². The summed E-state index contributed by atoms with van der Waals surface area (Å²) in [6.07, 6.45) is 0.731. The summed E-state index contributed by atoms with van der Waals surface area (Å²) in [4.78, 5) is 35.1. The second-order valence-electron chi connectivity index (χ2n) is 5.82. The van der Waals surface area contributed by atoms with Gasteiger partial charge in [0.2, 0.25) is 5.91 Å². The molecule has 2 N–H and O–H groups in total. The first-order chi connectivity index (χ1) is 10.8. The number of benzene rings is 1. The monoisotopic (exact) mass is 337 g/mol. The molecule has 0 aliphatic rings. The van der Waals surface area contributed by atoms with Gasteiger partial charge in [-0.15, -0.1) is 0 Å². The van der Waals surface area contributed by atoms with Gasteiger partial charge in [0.25, 0.3) is 0 Å². The lowest BCUT2D eigenvalue weighted by atomic mass is 10.0. The van der Waals surface area contributed by atoms with Crippen LogP contribution in [0.1, 0.15) is 32.8 Å². The molecule has 1 aromatic rings. The molecule has 0 radical (unpaired) electrons. The zero-order chi connectivity index (χ0) is 17.4. The predicted molar refractivity (Wildman–Crippen MR) is 91.2 cm³/mol. The quantitative estimate of drug-likeness (QED) is 0.761. The molecule has 2 atom stereocenters. The number of carbonyl (C=O) groups is 3. The fourth-order valence-electron chi connectivity index (χ4n) is 2.17. The summed E-state index contributed by atoms with van der Waals surface area (Å²) in [5.41, 5.74) is 0.928. The van der Waals surface area contributed by atoms with Crippen molar-refractivity contribution in [3.63, 3.8) is 0 Å². The Morgan fingerprint density at radius 2 is 1.78 bits per heavy atom. The van der Waals surface area contributed by atoms with Crippen molar-refractivity contribution in [1.82, 2.24) is 5.32 Å². The van der Waals surface area contributed by atoms with Gasteiger partial charge in [-0.2, -0.15) is 0 Å². The van der Waals surface area contributed by atoms with Crippen LogP contribution in [0.4, 0.5) is 0 Å². The van der Waals surface area contributed by atoms with Crippen molar-refractivity contribution in [3.05, 3.63) is 35.9 Å². The van der Waals surface area contributed by atoms with Crippen LogP contribution in [-0.2, 0) is 20.8 Å². The van der Waals surface area contributed by atoms with Crippen molar-refractivity contribution >= 4 is 28.8 Å². The van der Waals surface area contributed by atoms with Crippen LogP contribution in [0.2, 0.25) is 0 Å². The largest absolute Gasteiger partial charge is 0.480 e. The highest BCUT2D eigenvalue weighted by Gasteiger charge is 2.27. The molecule has 0 saturated carbocycles. The second kappa shape index (κ2) is 9.35. The van der Waals surface area contributed by atoms with Gasteiger partial charge in [-0.3, -0.25) is 9.59 Å². The van der Waals surface area contributed by atoms with Crippen molar-refractivity contribution in [3.8, 4) is 0 Å². The molecule has 0 aliphatic heterocycles. The van der Waals surface area contributed by atoms with E-state index in [9.17, 15) is 19.5 Å². The number of hydrogen-bond acceptors (Lipinski definition) is 4. The van der Waals surface area contributed by atoms with E-state index in [4.69, 9.17) is 0 Å². The standard InChI is InChI=1S/C17H23NO4S/c1-11(2)9-14(17(21)22)18-16(20)15(23-12(3)19)10-13-7-5-4-6-8-13/h4-8,11,14-15H,9-10H2,1-3H3,(H,18,20)(H,21,22)/t14-,15?/m1/s1. The SMILES string of the molecule is CC(=O)SC(Cc1ccccc1)C(=O)N[C@H](CC(C)C)C(=O)O.